The van der Waals surface area contributed by atoms with Gasteiger partial charge >= 0.3 is 0 Å². The zero-order chi connectivity index (χ0) is 36.5. The van der Waals surface area contributed by atoms with Gasteiger partial charge < -0.3 is 33.2 Å². The van der Waals surface area contributed by atoms with E-state index in [1.807, 2.05) is 105 Å². The Balaban J connectivity index is 0.000000162. The van der Waals surface area contributed by atoms with Crippen molar-refractivity contribution in [1.82, 2.24) is 19.4 Å². The third-order valence-electron chi connectivity index (χ3n) is 8.99. The van der Waals surface area contributed by atoms with Crippen LogP contribution in [0.15, 0.2) is 111 Å². The summed E-state index contributed by atoms with van der Waals surface area (Å²) in [6.45, 7) is 7.51. The van der Waals surface area contributed by atoms with Crippen molar-refractivity contribution in [3.8, 4) is 45.4 Å². The van der Waals surface area contributed by atoms with Crippen LogP contribution < -0.4 is 0 Å². The third kappa shape index (κ3) is 5.77. The number of aldehydes is 1. The largest absolute Gasteiger partial charge is 0.508 e. The van der Waals surface area contributed by atoms with Crippen LogP contribution in [0, 0.1) is 27.7 Å². The molecule has 0 radical (unpaired) electrons. The van der Waals surface area contributed by atoms with Gasteiger partial charge in [0.15, 0.2) is 6.29 Å². The summed E-state index contributed by atoms with van der Waals surface area (Å²) in [5, 5.41) is 33.4. The topological polar surface area (TPSA) is 141 Å². The van der Waals surface area contributed by atoms with Gasteiger partial charge in [-0.05, 0) is 88.4 Å². The first kappa shape index (κ1) is 33.6. The van der Waals surface area contributed by atoms with Crippen molar-refractivity contribution in [2.24, 2.45) is 5.16 Å². The Bertz CT molecular complexity index is 2550. The molecular formula is C41H35N5O6. The SMILES string of the molecule is CON=Cc1c(-c2c(C)noc2C)n(-c2ccc(O)cc2)c2ccccc12.Cc1noc(C)c1-c1c(C=O)c2ccccc2n1-c1ccc(O)cc1. The molecule has 11 heteroatoms. The highest BCUT2D eigenvalue weighted by atomic mass is 16.6. The van der Waals surface area contributed by atoms with Gasteiger partial charge in [-0.15, -0.1) is 0 Å². The molecule has 8 aromatic rings. The van der Waals surface area contributed by atoms with Gasteiger partial charge in [-0.3, -0.25) is 4.79 Å². The number of phenolic OH excluding ortho intramolecular Hbond substituents is 2. The fraction of sp³-hybridized carbons (Fsp3) is 0.122. The van der Waals surface area contributed by atoms with Gasteiger partial charge in [0, 0.05) is 33.3 Å². The van der Waals surface area contributed by atoms with Crippen LogP contribution in [0.4, 0.5) is 0 Å². The summed E-state index contributed by atoms with van der Waals surface area (Å²) in [6, 6.07) is 29.8. The molecule has 4 aromatic heterocycles. The average Bonchev–Trinajstić information content (AvgIpc) is 3.87. The fourth-order valence-electron chi connectivity index (χ4n) is 6.76. The lowest BCUT2D eigenvalue weighted by Crippen LogP contribution is -1.99. The molecular weight excluding hydrogens is 658 g/mol. The summed E-state index contributed by atoms with van der Waals surface area (Å²) in [7, 11) is 1.52. The van der Waals surface area contributed by atoms with Crippen molar-refractivity contribution in [3.05, 3.63) is 131 Å². The molecule has 0 amide bonds. The zero-order valence-corrected chi connectivity index (χ0v) is 29.2. The molecule has 0 aliphatic heterocycles. The Morgan fingerprint density at radius 1 is 0.635 bits per heavy atom. The predicted octanol–water partition coefficient (Wildman–Crippen LogP) is 9.01. The van der Waals surface area contributed by atoms with Crippen molar-refractivity contribution in [1.29, 1.82) is 0 Å². The van der Waals surface area contributed by atoms with E-state index in [0.717, 1.165) is 84.7 Å². The normalized spacial score (nSPS) is 11.3. The highest BCUT2D eigenvalue weighted by Crippen LogP contribution is 2.40. The van der Waals surface area contributed by atoms with Gasteiger partial charge in [0.05, 0.1) is 51.2 Å². The van der Waals surface area contributed by atoms with E-state index in [9.17, 15) is 15.0 Å². The molecule has 2 N–H and O–H groups in total. The van der Waals surface area contributed by atoms with Crippen LogP contribution in [0.25, 0.3) is 55.7 Å². The fourth-order valence-corrected chi connectivity index (χ4v) is 6.76. The molecule has 0 saturated carbocycles. The van der Waals surface area contributed by atoms with Crippen LogP contribution in [0.1, 0.15) is 38.8 Å². The smallest absolute Gasteiger partial charge is 0.152 e. The Labute approximate surface area is 298 Å². The number of phenols is 2. The first-order valence-corrected chi connectivity index (χ1v) is 16.5. The maximum Gasteiger partial charge on any atom is 0.152 e. The van der Waals surface area contributed by atoms with Crippen molar-refractivity contribution >= 4 is 34.3 Å². The number of hydrogen-bond acceptors (Lipinski definition) is 9. The molecule has 52 heavy (non-hydrogen) atoms. The summed E-state index contributed by atoms with van der Waals surface area (Å²) >= 11 is 0. The minimum atomic E-state index is 0.190. The van der Waals surface area contributed by atoms with E-state index in [0.29, 0.717) is 11.3 Å². The number of aryl methyl sites for hydroxylation is 4. The van der Waals surface area contributed by atoms with E-state index < -0.39 is 0 Å². The Kier molecular flexibility index (Phi) is 8.91. The Morgan fingerprint density at radius 2 is 1.06 bits per heavy atom. The molecule has 260 valence electrons. The van der Waals surface area contributed by atoms with Gasteiger partial charge in [0.1, 0.15) is 30.1 Å². The zero-order valence-electron chi connectivity index (χ0n) is 29.2. The number of carbonyl (C=O) groups is 1. The summed E-state index contributed by atoms with van der Waals surface area (Å²) in [6.07, 6.45) is 2.58. The molecule has 0 unspecified atom stereocenters. The van der Waals surface area contributed by atoms with Gasteiger partial charge in [0.2, 0.25) is 0 Å². The van der Waals surface area contributed by atoms with Crippen LogP contribution in [0.3, 0.4) is 0 Å². The average molecular weight is 694 g/mol. The summed E-state index contributed by atoms with van der Waals surface area (Å²) < 4.78 is 14.9. The molecule has 0 aliphatic carbocycles. The number of carbonyl (C=O) groups excluding carboxylic acids is 1. The third-order valence-corrected chi connectivity index (χ3v) is 8.99. The second kappa shape index (κ2) is 13.8. The lowest BCUT2D eigenvalue weighted by atomic mass is 10.0. The highest BCUT2D eigenvalue weighted by molar-refractivity contribution is 6.08. The lowest BCUT2D eigenvalue weighted by molar-refractivity contribution is 0.112. The van der Waals surface area contributed by atoms with Gasteiger partial charge in [-0.1, -0.05) is 51.9 Å². The van der Waals surface area contributed by atoms with E-state index >= 15 is 0 Å². The number of fused-ring (bicyclic) bond motifs is 2. The van der Waals surface area contributed by atoms with E-state index in [2.05, 4.69) is 20.0 Å². The number of nitrogens with zero attached hydrogens (tertiary/aromatic N) is 5. The maximum absolute atomic E-state index is 12.0. The van der Waals surface area contributed by atoms with E-state index in [1.54, 1.807) is 30.5 Å². The van der Waals surface area contributed by atoms with E-state index in [1.165, 1.54) is 7.11 Å². The number of rotatable bonds is 7. The van der Waals surface area contributed by atoms with Gasteiger partial charge in [-0.2, -0.15) is 0 Å². The van der Waals surface area contributed by atoms with Gasteiger partial charge in [-0.25, -0.2) is 0 Å². The molecule has 0 bridgehead atoms. The van der Waals surface area contributed by atoms with E-state index in [-0.39, 0.29) is 11.5 Å². The second-order valence-corrected chi connectivity index (χ2v) is 12.2. The molecule has 0 atom stereocenters. The quantitative estimate of drug-likeness (QED) is 0.0957. The molecule has 8 rings (SSSR count). The Hall–Kier alpha value is -6.88. The molecule has 0 aliphatic rings. The first-order chi connectivity index (χ1) is 25.2. The van der Waals surface area contributed by atoms with Crippen molar-refractivity contribution < 1.29 is 28.9 Å². The lowest BCUT2D eigenvalue weighted by Gasteiger charge is -2.12. The predicted molar refractivity (Wildman–Crippen MR) is 200 cm³/mol. The number of oxime groups is 1. The monoisotopic (exact) mass is 693 g/mol. The summed E-state index contributed by atoms with van der Waals surface area (Å²) in [4.78, 5) is 16.9. The van der Waals surface area contributed by atoms with Crippen molar-refractivity contribution in [3.63, 3.8) is 0 Å². The van der Waals surface area contributed by atoms with Crippen LogP contribution in [0.2, 0.25) is 0 Å². The van der Waals surface area contributed by atoms with E-state index in [4.69, 9.17) is 13.9 Å². The molecule has 4 aromatic carbocycles. The number of aromatic hydroxyl groups is 2. The van der Waals surface area contributed by atoms with Crippen molar-refractivity contribution in [2.75, 3.05) is 7.11 Å². The van der Waals surface area contributed by atoms with Crippen LogP contribution in [-0.4, -0.2) is 49.3 Å². The van der Waals surface area contributed by atoms with Crippen LogP contribution >= 0.6 is 0 Å². The van der Waals surface area contributed by atoms with Gasteiger partial charge in [0.25, 0.3) is 0 Å². The maximum atomic E-state index is 12.0. The second-order valence-electron chi connectivity index (χ2n) is 12.2. The summed E-state index contributed by atoms with van der Waals surface area (Å²) in [5.74, 6) is 1.79. The number of para-hydroxylation sites is 2. The molecule has 0 spiro atoms. The van der Waals surface area contributed by atoms with Crippen LogP contribution in [-0.2, 0) is 4.84 Å². The van der Waals surface area contributed by atoms with Crippen molar-refractivity contribution in [2.45, 2.75) is 27.7 Å². The first-order valence-electron chi connectivity index (χ1n) is 16.5. The molecule has 0 fully saturated rings. The summed E-state index contributed by atoms with van der Waals surface area (Å²) in [5.41, 5.74) is 10.1. The Morgan fingerprint density at radius 3 is 1.46 bits per heavy atom. The minimum Gasteiger partial charge on any atom is -0.508 e. The standard InChI is InChI=1S/C21H19N3O3.C20H16N2O3/c1-13-20(14(2)27-23-13)21-18(12-22-26-3)17-6-4-5-7-19(17)24(21)15-8-10-16(25)11-9-15;1-12-19(13(2)25-21-12)20-17(11-23)16-5-3-4-6-18(16)22(20)14-7-9-15(24)10-8-14/h4-12,25H,1-3H3;3-11,24H,1-2H3. The molecule has 0 saturated heterocycles. The molecule has 11 nitrogen and oxygen atoms in total. The number of benzene rings is 4. The number of hydrogen-bond donors (Lipinski definition) is 2. The number of aromatic nitrogens is 4. The highest BCUT2D eigenvalue weighted by Gasteiger charge is 2.26. The minimum absolute atomic E-state index is 0.190. The van der Waals surface area contributed by atoms with Crippen LogP contribution in [0.5, 0.6) is 11.5 Å². The molecule has 4 heterocycles.